The molecule has 0 spiro atoms. The van der Waals surface area contributed by atoms with E-state index in [1.165, 1.54) is 231 Å². The molecule has 0 rings (SSSR count). The van der Waals surface area contributed by atoms with Crippen LogP contribution >= 0.6 is 0 Å². The normalized spacial score (nSPS) is 12.4. The van der Waals surface area contributed by atoms with E-state index in [0.717, 1.165) is 69.6 Å². The highest BCUT2D eigenvalue weighted by Crippen LogP contribution is 2.19. The van der Waals surface area contributed by atoms with E-state index >= 15 is 0 Å². The summed E-state index contributed by atoms with van der Waals surface area (Å²) in [6, 6.07) is 0. The lowest BCUT2D eigenvalue weighted by Gasteiger charge is -2.18. The van der Waals surface area contributed by atoms with Gasteiger partial charge in [0.05, 0.1) is 0 Å². The van der Waals surface area contributed by atoms with Gasteiger partial charge in [-0.2, -0.15) is 0 Å². The highest BCUT2D eigenvalue weighted by molar-refractivity contribution is 5.71. The number of rotatable bonds is 55. The Labute approximate surface area is 418 Å². The standard InChI is InChI=1S/C61H118O6/c1-6-8-9-10-11-12-13-14-15-16-21-28-33-38-43-48-53-61(64)67-58(55-66-60(63)52-47-42-37-32-27-23-22-24-29-34-39-44-49-56(3)4)54-65-59(62)51-46-41-36-31-26-20-18-17-19-25-30-35-40-45-50-57(5)7-2/h56-58H,6-55H2,1-5H3/t57?,58-/m0/s1. The second kappa shape index (κ2) is 53.8. The Balaban J connectivity index is 4.30. The van der Waals surface area contributed by atoms with Crippen molar-refractivity contribution in [1.82, 2.24) is 0 Å². The molecule has 1 unspecified atom stereocenters. The molecule has 398 valence electrons. The molecule has 67 heavy (non-hydrogen) atoms. The van der Waals surface area contributed by atoms with E-state index in [0.29, 0.717) is 19.3 Å². The highest BCUT2D eigenvalue weighted by atomic mass is 16.6. The molecule has 0 amide bonds. The molecule has 0 N–H and O–H groups in total. The lowest BCUT2D eigenvalue weighted by atomic mass is 9.99. The van der Waals surface area contributed by atoms with E-state index in [-0.39, 0.29) is 31.1 Å². The fourth-order valence-electron chi connectivity index (χ4n) is 9.37. The number of esters is 3. The third kappa shape index (κ3) is 53.6. The van der Waals surface area contributed by atoms with Crippen LogP contribution in [0.3, 0.4) is 0 Å². The number of carbonyl (C=O) groups is 3. The first-order valence-corrected chi connectivity index (χ1v) is 30.3. The maximum Gasteiger partial charge on any atom is 0.306 e. The van der Waals surface area contributed by atoms with Gasteiger partial charge in [-0.15, -0.1) is 0 Å². The van der Waals surface area contributed by atoms with Crippen molar-refractivity contribution in [3.63, 3.8) is 0 Å². The Bertz CT molecular complexity index is 1030. The second-order valence-electron chi connectivity index (χ2n) is 21.7. The Morgan fingerprint density at radius 3 is 0.851 bits per heavy atom. The van der Waals surface area contributed by atoms with Crippen LogP contribution < -0.4 is 0 Å². The van der Waals surface area contributed by atoms with Gasteiger partial charge in [0.15, 0.2) is 6.10 Å². The van der Waals surface area contributed by atoms with Gasteiger partial charge in [-0.25, -0.2) is 0 Å². The molecule has 0 radical (unpaired) electrons. The van der Waals surface area contributed by atoms with Gasteiger partial charge in [0.25, 0.3) is 0 Å². The summed E-state index contributed by atoms with van der Waals surface area (Å²) in [4.78, 5) is 38.2. The molecule has 0 saturated carbocycles. The smallest absolute Gasteiger partial charge is 0.306 e. The number of hydrogen-bond donors (Lipinski definition) is 0. The topological polar surface area (TPSA) is 78.9 Å². The van der Waals surface area contributed by atoms with Crippen LogP contribution in [0, 0.1) is 11.8 Å². The largest absolute Gasteiger partial charge is 0.462 e. The maximum absolute atomic E-state index is 12.9. The molecule has 6 nitrogen and oxygen atoms in total. The first kappa shape index (κ1) is 65.4. The van der Waals surface area contributed by atoms with Crippen molar-refractivity contribution in [3.8, 4) is 0 Å². The van der Waals surface area contributed by atoms with Crippen molar-refractivity contribution in [1.29, 1.82) is 0 Å². The number of unbranched alkanes of at least 4 members (excludes halogenated alkanes) is 39. The first-order chi connectivity index (χ1) is 32.8. The minimum atomic E-state index is -0.763. The van der Waals surface area contributed by atoms with Gasteiger partial charge >= 0.3 is 17.9 Å². The summed E-state index contributed by atoms with van der Waals surface area (Å²) in [5, 5.41) is 0. The predicted molar refractivity (Wildman–Crippen MR) is 289 cm³/mol. The van der Waals surface area contributed by atoms with E-state index < -0.39 is 6.10 Å². The lowest BCUT2D eigenvalue weighted by molar-refractivity contribution is -0.167. The average molecular weight is 948 g/mol. The monoisotopic (exact) mass is 947 g/mol. The van der Waals surface area contributed by atoms with Gasteiger partial charge in [0.1, 0.15) is 13.2 Å². The third-order valence-corrected chi connectivity index (χ3v) is 14.3. The quantitative estimate of drug-likeness (QED) is 0.0343. The molecule has 0 saturated heterocycles. The first-order valence-electron chi connectivity index (χ1n) is 30.3. The maximum atomic E-state index is 12.9. The fraction of sp³-hybridized carbons (Fsp3) is 0.951. The molecular weight excluding hydrogens is 829 g/mol. The van der Waals surface area contributed by atoms with E-state index in [2.05, 4.69) is 34.6 Å². The molecule has 0 aliphatic carbocycles. The molecule has 2 atom stereocenters. The molecule has 0 aliphatic rings. The summed E-state index contributed by atoms with van der Waals surface area (Å²) >= 11 is 0. The Morgan fingerprint density at radius 1 is 0.313 bits per heavy atom. The van der Waals surface area contributed by atoms with Crippen LogP contribution in [-0.4, -0.2) is 37.2 Å². The zero-order valence-electron chi connectivity index (χ0n) is 46.0. The Kier molecular flexibility index (Phi) is 52.5. The number of ether oxygens (including phenoxy) is 3. The summed E-state index contributed by atoms with van der Waals surface area (Å²) in [5.74, 6) is 0.894. The summed E-state index contributed by atoms with van der Waals surface area (Å²) in [5.41, 5.74) is 0. The average Bonchev–Trinajstić information content (AvgIpc) is 3.31. The molecule has 0 aliphatic heterocycles. The van der Waals surface area contributed by atoms with Crippen molar-refractivity contribution in [3.05, 3.63) is 0 Å². The van der Waals surface area contributed by atoms with Gasteiger partial charge in [-0.3, -0.25) is 14.4 Å². The third-order valence-electron chi connectivity index (χ3n) is 14.3. The van der Waals surface area contributed by atoms with E-state index in [4.69, 9.17) is 14.2 Å². The molecule has 0 fully saturated rings. The fourth-order valence-corrected chi connectivity index (χ4v) is 9.37. The van der Waals surface area contributed by atoms with Crippen LogP contribution in [0.2, 0.25) is 0 Å². The lowest BCUT2D eigenvalue weighted by Crippen LogP contribution is -2.30. The van der Waals surface area contributed by atoms with Crippen molar-refractivity contribution in [2.45, 2.75) is 349 Å². The van der Waals surface area contributed by atoms with Gasteiger partial charge in [-0.05, 0) is 31.1 Å². The van der Waals surface area contributed by atoms with Crippen LogP contribution in [0.25, 0.3) is 0 Å². The van der Waals surface area contributed by atoms with Crippen LogP contribution in [0.5, 0.6) is 0 Å². The summed E-state index contributed by atoms with van der Waals surface area (Å²) in [7, 11) is 0. The van der Waals surface area contributed by atoms with Crippen LogP contribution in [0.4, 0.5) is 0 Å². The van der Waals surface area contributed by atoms with Crippen LogP contribution in [0.1, 0.15) is 343 Å². The van der Waals surface area contributed by atoms with Gasteiger partial charge in [0, 0.05) is 19.3 Å². The van der Waals surface area contributed by atoms with Crippen LogP contribution in [-0.2, 0) is 28.6 Å². The SMILES string of the molecule is CCCCCCCCCCCCCCCCCCC(=O)O[C@@H](COC(=O)CCCCCCCCCCCCCCCCC(C)CC)COC(=O)CCCCCCCCCCCCCCC(C)C. The Hall–Kier alpha value is -1.59. The summed E-state index contributed by atoms with van der Waals surface area (Å²) in [6.45, 7) is 11.5. The minimum Gasteiger partial charge on any atom is -0.462 e. The molecule has 0 aromatic heterocycles. The van der Waals surface area contributed by atoms with Crippen molar-refractivity contribution >= 4 is 17.9 Å². The van der Waals surface area contributed by atoms with Crippen molar-refractivity contribution in [2.24, 2.45) is 11.8 Å². The highest BCUT2D eigenvalue weighted by Gasteiger charge is 2.19. The zero-order valence-corrected chi connectivity index (χ0v) is 46.0. The zero-order chi connectivity index (χ0) is 48.9. The van der Waals surface area contributed by atoms with E-state index in [1.54, 1.807) is 0 Å². The van der Waals surface area contributed by atoms with Crippen molar-refractivity contribution < 1.29 is 28.6 Å². The van der Waals surface area contributed by atoms with E-state index in [9.17, 15) is 14.4 Å². The molecule has 6 heteroatoms. The number of carbonyl (C=O) groups excluding carboxylic acids is 3. The van der Waals surface area contributed by atoms with Gasteiger partial charge in [0.2, 0.25) is 0 Å². The van der Waals surface area contributed by atoms with Gasteiger partial charge in [-0.1, -0.05) is 304 Å². The Morgan fingerprint density at radius 2 is 0.567 bits per heavy atom. The predicted octanol–water partition coefficient (Wildman–Crippen LogP) is 20.0. The summed E-state index contributed by atoms with van der Waals surface area (Å²) < 4.78 is 16.9. The molecular formula is C61H118O6. The second-order valence-corrected chi connectivity index (χ2v) is 21.7. The number of hydrogen-bond acceptors (Lipinski definition) is 6. The van der Waals surface area contributed by atoms with Crippen LogP contribution in [0.15, 0.2) is 0 Å². The van der Waals surface area contributed by atoms with Crippen molar-refractivity contribution in [2.75, 3.05) is 13.2 Å². The minimum absolute atomic E-state index is 0.0623. The summed E-state index contributed by atoms with van der Waals surface area (Å²) in [6.07, 6.45) is 58.0. The van der Waals surface area contributed by atoms with Gasteiger partial charge < -0.3 is 14.2 Å². The molecule has 0 aromatic rings. The molecule has 0 bridgehead atoms. The molecule has 0 aromatic carbocycles. The van der Waals surface area contributed by atoms with E-state index in [1.807, 2.05) is 0 Å². The molecule has 0 heterocycles.